The summed E-state index contributed by atoms with van der Waals surface area (Å²) in [6.45, 7) is 3.06. The zero-order chi connectivity index (χ0) is 5.11. The lowest BCUT2D eigenvalue weighted by Crippen LogP contribution is -2.14. The van der Waals surface area contributed by atoms with Gasteiger partial charge in [0.15, 0.2) is 0 Å². The van der Waals surface area contributed by atoms with Crippen LogP contribution in [0.1, 0.15) is 19.3 Å². The zero-order valence-corrected chi connectivity index (χ0v) is 4.99. The Morgan fingerprint density at radius 1 is 1.43 bits per heavy atom. The first-order valence-electron chi connectivity index (χ1n) is 2.65. The molecule has 0 aromatic heterocycles. The molecule has 0 aliphatic carbocycles. The van der Waals surface area contributed by atoms with Gasteiger partial charge in [0.1, 0.15) is 0 Å². The molecule has 7 heavy (non-hydrogen) atoms. The molecular weight excluding hydrogens is 110 g/mol. The summed E-state index contributed by atoms with van der Waals surface area (Å²) in [6, 6.07) is 0. The standard InChI is InChI=1S/C5H9ClN/c6-7-4-2-1-3-5-7/h4H,1-3,5H2. The number of hydrogen-bond acceptors (Lipinski definition) is 1. The molecule has 0 bridgehead atoms. The van der Waals surface area contributed by atoms with Crippen molar-refractivity contribution < 1.29 is 0 Å². The van der Waals surface area contributed by atoms with Gasteiger partial charge in [0.2, 0.25) is 0 Å². The van der Waals surface area contributed by atoms with Crippen molar-refractivity contribution in [1.29, 1.82) is 0 Å². The smallest absolute Gasteiger partial charge is 0.0420 e. The first kappa shape index (κ1) is 5.39. The van der Waals surface area contributed by atoms with E-state index in [2.05, 4.69) is 0 Å². The Labute approximate surface area is 49.4 Å². The Kier molecular flexibility index (Phi) is 1.95. The third-order valence-electron chi connectivity index (χ3n) is 1.15. The zero-order valence-electron chi connectivity index (χ0n) is 4.23. The summed E-state index contributed by atoms with van der Waals surface area (Å²) < 4.78 is 1.74. The predicted octanol–water partition coefficient (Wildman–Crippen LogP) is 1.79. The monoisotopic (exact) mass is 118 g/mol. The van der Waals surface area contributed by atoms with E-state index in [9.17, 15) is 0 Å². The molecule has 1 fully saturated rings. The SMILES string of the molecule is ClN1[CH]CCCC1. The second-order valence-corrected chi connectivity index (χ2v) is 2.24. The summed E-state index contributed by atoms with van der Waals surface area (Å²) >= 11 is 5.59. The summed E-state index contributed by atoms with van der Waals surface area (Å²) in [5.41, 5.74) is 0. The van der Waals surface area contributed by atoms with Crippen LogP contribution in [-0.4, -0.2) is 11.0 Å². The molecule has 0 unspecified atom stereocenters. The van der Waals surface area contributed by atoms with E-state index in [0.29, 0.717) is 0 Å². The van der Waals surface area contributed by atoms with Crippen molar-refractivity contribution in [2.75, 3.05) is 6.54 Å². The van der Waals surface area contributed by atoms with Gasteiger partial charge in [0, 0.05) is 13.1 Å². The van der Waals surface area contributed by atoms with Gasteiger partial charge in [-0.2, -0.15) is 0 Å². The average Bonchev–Trinajstić information content (AvgIpc) is 1.69. The maximum Gasteiger partial charge on any atom is 0.0420 e. The summed E-state index contributed by atoms with van der Waals surface area (Å²) in [5.74, 6) is 0. The van der Waals surface area contributed by atoms with Crippen LogP contribution in [-0.2, 0) is 0 Å². The Morgan fingerprint density at radius 3 is 2.57 bits per heavy atom. The van der Waals surface area contributed by atoms with E-state index in [1.165, 1.54) is 12.8 Å². The molecule has 1 aliphatic rings. The first-order valence-corrected chi connectivity index (χ1v) is 2.99. The average molecular weight is 119 g/mol. The minimum Gasteiger partial charge on any atom is -0.215 e. The first-order chi connectivity index (χ1) is 3.39. The highest BCUT2D eigenvalue weighted by Gasteiger charge is 2.05. The second kappa shape index (κ2) is 2.53. The highest BCUT2D eigenvalue weighted by atomic mass is 35.5. The molecule has 0 spiro atoms. The van der Waals surface area contributed by atoms with E-state index in [4.69, 9.17) is 11.8 Å². The quantitative estimate of drug-likeness (QED) is 0.439. The Balaban J connectivity index is 2.12. The molecule has 2 heteroatoms. The lowest BCUT2D eigenvalue weighted by molar-refractivity contribution is 0.432. The molecule has 0 atom stereocenters. The van der Waals surface area contributed by atoms with Crippen LogP contribution in [0.15, 0.2) is 0 Å². The van der Waals surface area contributed by atoms with E-state index in [0.717, 1.165) is 13.0 Å². The Morgan fingerprint density at radius 2 is 2.29 bits per heavy atom. The number of piperidine rings is 1. The Hall–Kier alpha value is 0.250. The molecule has 41 valence electrons. The third-order valence-corrected chi connectivity index (χ3v) is 1.46. The molecule has 1 nitrogen and oxygen atoms in total. The topological polar surface area (TPSA) is 3.24 Å². The third kappa shape index (κ3) is 1.66. The van der Waals surface area contributed by atoms with Crippen molar-refractivity contribution >= 4 is 11.8 Å². The van der Waals surface area contributed by atoms with Crippen molar-refractivity contribution in [3.8, 4) is 0 Å². The fourth-order valence-corrected chi connectivity index (χ4v) is 0.947. The largest absolute Gasteiger partial charge is 0.215 e. The lowest BCUT2D eigenvalue weighted by Gasteiger charge is -2.16. The van der Waals surface area contributed by atoms with Crippen LogP contribution in [0.25, 0.3) is 0 Å². The maximum absolute atomic E-state index is 5.59. The van der Waals surface area contributed by atoms with Crippen molar-refractivity contribution in [2.24, 2.45) is 0 Å². The van der Waals surface area contributed by atoms with Gasteiger partial charge < -0.3 is 0 Å². The highest BCUT2D eigenvalue weighted by molar-refractivity contribution is 6.13. The minimum absolute atomic E-state index is 1.03. The fraction of sp³-hybridized carbons (Fsp3) is 0.800. The van der Waals surface area contributed by atoms with Crippen LogP contribution >= 0.6 is 11.8 Å². The summed E-state index contributed by atoms with van der Waals surface area (Å²) in [4.78, 5) is 0. The van der Waals surface area contributed by atoms with Crippen molar-refractivity contribution in [2.45, 2.75) is 19.3 Å². The van der Waals surface area contributed by atoms with Crippen LogP contribution in [0.5, 0.6) is 0 Å². The molecule has 1 rings (SSSR count). The van der Waals surface area contributed by atoms with Crippen molar-refractivity contribution in [3.63, 3.8) is 0 Å². The van der Waals surface area contributed by atoms with Gasteiger partial charge in [-0.15, -0.1) is 0 Å². The van der Waals surface area contributed by atoms with Crippen LogP contribution in [0.2, 0.25) is 0 Å². The summed E-state index contributed by atoms with van der Waals surface area (Å²) in [7, 11) is 0. The number of rotatable bonds is 0. The second-order valence-electron chi connectivity index (χ2n) is 1.80. The number of hydrogen-bond donors (Lipinski definition) is 0. The molecule has 1 saturated heterocycles. The minimum atomic E-state index is 1.03. The van der Waals surface area contributed by atoms with Crippen molar-refractivity contribution in [3.05, 3.63) is 6.54 Å². The van der Waals surface area contributed by atoms with Gasteiger partial charge >= 0.3 is 0 Å². The van der Waals surface area contributed by atoms with Gasteiger partial charge in [-0.3, -0.25) is 0 Å². The van der Waals surface area contributed by atoms with E-state index < -0.39 is 0 Å². The van der Waals surface area contributed by atoms with Crippen LogP contribution in [0.3, 0.4) is 0 Å². The van der Waals surface area contributed by atoms with Gasteiger partial charge in [0.05, 0.1) is 0 Å². The normalized spacial score (nSPS) is 25.3. The molecule has 0 aromatic rings. The summed E-state index contributed by atoms with van der Waals surface area (Å²) in [5, 5.41) is 0. The van der Waals surface area contributed by atoms with E-state index in [-0.39, 0.29) is 0 Å². The van der Waals surface area contributed by atoms with Crippen molar-refractivity contribution in [1.82, 2.24) is 4.42 Å². The molecule has 1 heterocycles. The lowest BCUT2D eigenvalue weighted by atomic mass is 10.2. The van der Waals surface area contributed by atoms with Gasteiger partial charge in [0.25, 0.3) is 0 Å². The van der Waals surface area contributed by atoms with Gasteiger partial charge in [-0.25, -0.2) is 4.42 Å². The van der Waals surface area contributed by atoms with Crippen LogP contribution in [0, 0.1) is 6.54 Å². The maximum atomic E-state index is 5.59. The predicted molar refractivity (Wildman–Crippen MR) is 30.7 cm³/mol. The Bertz CT molecular complexity index is 50.0. The molecule has 1 radical (unpaired) electrons. The van der Waals surface area contributed by atoms with Crippen LogP contribution < -0.4 is 0 Å². The molecule has 0 amide bonds. The van der Waals surface area contributed by atoms with E-state index in [1.807, 2.05) is 6.54 Å². The fourth-order valence-electron chi connectivity index (χ4n) is 0.730. The van der Waals surface area contributed by atoms with Gasteiger partial charge in [-0.05, 0) is 24.6 Å². The van der Waals surface area contributed by atoms with E-state index in [1.54, 1.807) is 4.42 Å². The van der Waals surface area contributed by atoms with Crippen LogP contribution in [0.4, 0.5) is 0 Å². The molecule has 0 N–H and O–H groups in total. The molecule has 1 aliphatic heterocycles. The highest BCUT2D eigenvalue weighted by Crippen LogP contribution is 2.13. The van der Waals surface area contributed by atoms with E-state index >= 15 is 0 Å². The number of nitrogens with zero attached hydrogens (tertiary/aromatic N) is 1. The number of halogens is 1. The molecule has 0 aromatic carbocycles. The summed E-state index contributed by atoms with van der Waals surface area (Å²) in [6.07, 6.45) is 3.72. The molecular formula is C5H9ClN. The van der Waals surface area contributed by atoms with Gasteiger partial charge in [-0.1, -0.05) is 6.42 Å². The molecule has 0 saturated carbocycles.